The Kier molecular flexibility index (Phi) is 2.96. The van der Waals surface area contributed by atoms with E-state index in [1.165, 1.54) is 28.3 Å². The molecule has 3 heteroatoms. The average molecular weight is 213 g/mol. The van der Waals surface area contributed by atoms with Crippen LogP contribution in [0.5, 0.6) is 0 Å². The highest BCUT2D eigenvalue weighted by atomic mass is 32.2. The third kappa shape index (κ3) is 2.09. The third-order valence-corrected chi connectivity index (χ3v) is 5.04. The van der Waals surface area contributed by atoms with Gasteiger partial charge in [-0.3, -0.25) is 0 Å². The fraction of sp³-hybridized carbons (Fsp3) is 0.600. The van der Waals surface area contributed by atoms with Crippen molar-refractivity contribution in [1.82, 2.24) is 0 Å². The van der Waals surface area contributed by atoms with Crippen LogP contribution >= 0.6 is 23.1 Å². The molecule has 1 aliphatic heterocycles. The second-order valence-corrected chi connectivity index (χ2v) is 6.19. The molecular weight excluding hydrogens is 198 g/mol. The van der Waals surface area contributed by atoms with Crippen LogP contribution < -0.4 is 5.73 Å². The lowest BCUT2D eigenvalue weighted by Gasteiger charge is -2.16. The molecule has 0 aromatic carbocycles. The number of nitrogens with two attached hydrogens (primary N) is 1. The lowest BCUT2D eigenvalue weighted by molar-refractivity contribution is 0.655. The van der Waals surface area contributed by atoms with Gasteiger partial charge in [-0.1, -0.05) is 0 Å². The highest BCUT2D eigenvalue weighted by molar-refractivity contribution is 8.00. The Morgan fingerprint density at radius 2 is 2.38 bits per heavy atom. The maximum absolute atomic E-state index is 6.20. The molecule has 0 saturated carbocycles. The minimum Gasteiger partial charge on any atom is -0.322 e. The van der Waals surface area contributed by atoms with Gasteiger partial charge >= 0.3 is 0 Å². The van der Waals surface area contributed by atoms with E-state index in [-0.39, 0.29) is 6.04 Å². The quantitative estimate of drug-likeness (QED) is 0.817. The molecule has 2 heterocycles. The molecule has 0 radical (unpaired) electrons. The van der Waals surface area contributed by atoms with Crippen LogP contribution in [0.15, 0.2) is 12.1 Å². The van der Waals surface area contributed by atoms with Crippen molar-refractivity contribution in [2.45, 2.75) is 31.1 Å². The molecule has 1 aromatic heterocycles. The lowest BCUT2D eigenvalue weighted by Crippen LogP contribution is -2.20. The molecule has 2 rings (SSSR count). The predicted molar refractivity (Wildman–Crippen MR) is 61.5 cm³/mol. The Hall–Kier alpha value is 0.01000. The molecule has 1 fully saturated rings. The van der Waals surface area contributed by atoms with Gasteiger partial charge in [-0.2, -0.15) is 11.8 Å². The molecule has 0 amide bonds. The summed E-state index contributed by atoms with van der Waals surface area (Å²) in [4.78, 5) is 2.73. The van der Waals surface area contributed by atoms with E-state index in [1.807, 2.05) is 23.1 Å². The Balaban J connectivity index is 2.07. The fourth-order valence-corrected chi connectivity index (χ4v) is 4.06. The van der Waals surface area contributed by atoms with Crippen LogP contribution in [-0.2, 0) is 0 Å². The zero-order valence-electron chi connectivity index (χ0n) is 7.82. The van der Waals surface area contributed by atoms with E-state index in [2.05, 4.69) is 19.1 Å². The highest BCUT2D eigenvalue weighted by Gasteiger charge is 2.24. The van der Waals surface area contributed by atoms with Crippen molar-refractivity contribution in [3.63, 3.8) is 0 Å². The molecule has 2 atom stereocenters. The molecule has 1 nitrogen and oxygen atoms in total. The van der Waals surface area contributed by atoms with Crippen molar-refractivity contribution in [3.05, 3.63) is 21.9 Å². The van der Waals surface area contributed by atoms with E-state index >= 15 is 0 Å². The topological polar surface area (TPSA) is 26.0 Å². The van der Waals surface area contributed by atoms with E-state index in [0.717, 1.165) is 0 Å². The zero-order valence-corrected chi connectivity index (χ0v) is 9.46. The molecule has 72 valence electrons. The zero-order chi connectivity index (χ0) is 9.26. The molecule has 1 aromatic rings. The Bertz CT molecular complexity index is 276. The first-order chi connectivity index (χ1) is 6.27. The average Bonchev–Trinajstić information content (AvgIpc) is 2.72. The summed E-state index contributed by atoms with van der Waals surface area (Å²) in [6, 6.07) is 4.62. The van der Waals surface area contributed by atoms with Crippen LogP contribution in [-0.4, -0.2) is 11.0 Å². The standard InChI is InChI=1S/C10H15NS2/c1-7-4-5-9(13-7)10(11)8-3-2-6-12-8/h4-5,8,10H,2-3,6,11H2,1H3. The van der Waals surface area contributed by atoms with Gasteiger partial charge in [0.2, 0.25) is 0 Å². The van der Waals surface area contributed by atoms with Gasteiger partial charge in [-0.25, -0.2) is 0 Å². The minimum absolute atomic E-state index is 0.270. The number of thioether (sulfide) groups is 1. The molecule has 13 heavy (non-hydrogen) atoms. The second-order valence-electron chi connectivity index (χ2n) is 3.53. The van der Waals surface area contributed by atoms with Crippen molar-refractivity contribution in [1.29, 1.82) is 0 Å². The van der Waals surface area contributed by atoms with Crippen molar-refractivity contribution in [2.75, 3.05) is 5.75 Å². The van der Waals surface area contributed by atoms with Crippen LogP contribution in [0.2, 0.25) is 0 Å². The summed E-state index contributed by atoms with van der Waals surface area (Å²) in [5.74, 6) is 1.29. The summed E-state index contributed by atoms with van der Waals surface area (Å²) in [6.07, 6.45) is 2.64. The van der Waals surface area contributed by atoms with Gasteiger partial charge in [-0.05, 0) is 37.7 Å². The van der Waals surface area contributed by atoms with Gasteiger partial charge in [0.1, 0.15) is 0 Å². The molecule has 2 unspecified atom stereocenters. The molecule has 0 spiro atoms. The summed E-state index contributed by atoms with van der Waals surface area (Å²) >= 11 is 3.88. The molecule has 1 aliphatic rings. The maximum Gasteiger partial charge on any atom is 0.0510 e. The first-order valence-electron chi connectivity index (χ1n) is 4.71. The lowest BCUT2D eigenvalue weighted by atomic mass is 10.1. The van der Waals surface area contributed by atoms with Gasteiger partial charge in [0.05, 0.1) is 6.04 Å². The number of hydrogen-bond donors (Lipinski definition) is 1. The summed E-state index contributed by atoms with van der Waals surface area (Å²) < 4.78 is 0. The summed E-state index contributed by atoms with van der Waals surface area (Å²) in [7, 11) is 0. The summed E-state index contributed by atoms with van der Waals surface area (Å²) in [6.45, 7) is 2.14. The van der Waals surface area contributed by atoms with Crippen molar-refractivity contribution >= 4 is 23.1 Å². The van der Waals surface area contributed by atoms with Crippen molar-refractivity contribution in [2.24, 2.45) is 5.73 Å². The largest absolute Gasteiger partial charge is 0.322 e. The number of aryl methyl sites for hydroxylation is 1. The van der Waals surface area contributed by atoms with Crippen LogP contribution in [0.3, 0.4) is 0 Å². The predicted octanol–water partition coefficient (Wildman–Crippen LogP) is 2.95. The molecule has 1 saturated heterocycles. The van der Waals surface area contributed by atoms with E-state index in [0.29, 0.717) is 5.25 Å². The summed E-state index contributed by atoms with van der Waals surface area (Å²) in [5.41, 5.74) is 6.20. The Morgan fingerprint density at radius 1 is 1.54 bits per heavy atom. The van der Waals surface area contributed by atoms with Gasteiger partial charge in [0.15, 0.2) is 0 Å². The minimum atomic E-state index is 0.270. The molecule has 0 aliphatic carbocycles. The normalized spacial score (nSPS) is 24.9. The Morgan fingerprint density at radius 3 is 2.92 bits per heavy atom. The smallest absolute Gasteiger partial charge is 0.0510 e. The van der Waals surface area contributed by atoms with Crippen LogP contribution in [0.4, 0.5) is 0 Å². The highest BCUT2D eigenvalue weighted by Crippen LogP contribution is 2.36. The molecule has 2 N–H and O–H groups in total. The molecular formula is C10H15NS2. The van der Waals surface area contributed by atoms with Gasteiger partial charge < -0.3 is 5.73 Å². The molecule has 0 bridgehead atoms. The number of thiophene rings is 1. The monoisotopic (exact) mass is 213 g/mol. The third-order valence-electron chi connectivity index (χ3n) is 2.46. The number of hydrogen-bond acceptors (Lipinski definition) is 3. The van der Waals surface area contributed by atoms with E-state index in [9.17, 15) is 0 Å². The van der Waals surface area contributed by atoms with Crippen molar-refractivity contribution in [3.8, 4) is 0 Å². The Labute approximate surface area is 87.7 Å². The first kappa shape index (κ1) is 9.56. The first-order valence-corrected chi connectivity index (χ1v) is 6.57. The van der Waals surface area contributed by atoms with E-state index in [1.54, 1.807) is 0 Å². The van der Waals surface area contributed by atoms with Crippen LogP contribution in [0, 0.1) is 6.92 Å². The van der Waals surface area contributed by atoms with Gasteiger partial charge in [0.25, 0.3) is 0 Å². The van der Waals surface area contributed by atoms with Gasteiger partial charge in [-0.15, -0.1) is 11.3 Å². The van der Waals surface area contributed by atoms with Crippen molar-refractivity contribution < 1.29 is 0 Å². The van der Waals surface area contributed by atoms with E-state index < -0.39 is 0 Å². The van der Waals surface area contributed by atoms with Crippen LogP contribution in [0.25, 0.3) is 0 Å². The maximum atomic E-state index is 6.20. The van der Waals surface area contributed by atoms with Gasteiger partial charge in [0, 0.05) is 15.0 Å². The van der Waals surface area contributed by atoms with Crippen LogP contribution in [0.1, 0.15) is 28.6 Å². The number of rotatable bonds is 2. The van der Waals surface area contributed by atoms with E-state index in [4.69, 9.17) is 5.73 Å². The SMILES string of the molecule is Cc1ccc(C(N)C2CCCS2)s1. The summed E-state index contributed by atoms with van der Waals surface area (Å²) in [5, 5.41) is 0.665. The fourth-order valence-electron chi connectivity index (χ4n) is 1.70. The second kappa shape index (κ2) is 4.03.